The second-order valence-electron chi connectivity index (χ2n) is 9.78. The number of hydrogen-bond donors (Lipinski definition) is 2. The first-order valence-electron chi connectivity index (χ1n) is 12.5. The van der Waals surface area contributed by atoms with Crippen LogP contribution in [0.3, 0.4) is 0 Å². The van der Waals surface area contributed by atoms with Crippen LogP contribution < -0.4 is 0 Å². The van der Waals surface area contributed by atoms with Gasteiger partial charge >= 0.3 is 5.97 Å². The average molecular weight is 507 g/mol. The number of nitrogens with zero attached hydrogens (tertiary/aromatic N) is 4. The Morgan fingerprint density at radius 3 is 2.24 bits per heavy atom. The van der Waals surface area contributed by atoms with Crippen LogP contribution >= 0.6 is 0 Å². The lowest BCUT2D eigenvalue weighted by molar-refractivity contribution is -0.140. The van der Waals surface area contributed by atoms with E-state index < -0.39 is 17.5 Å². The highest BCUT2D eigenvalue weighted by Crippen LogP contribution is 2.48. The second-order valence-corrected chi connectivity index (χ2v) is 9.78. The summed E-state index contributed by atoms with van der Waals surface area (Å²) in [4.78, 5) is 11.6. The van der Waals surface area contributed by atoms with Crippen LogP contribution in [0.1, 0.15) is 47.0 Å². The van der Waals surface area contributed by atoms with Crippen molar-refractivity contribution in [2.75, 3.05) is 0 Å². The molecule has 190 valence electrons. The summed E-state index contributed by atoms with van der Waals surface area (Å²) in [5.74, 6) is -0.277. The molecule has 0 aliphatic heterocycles. The zero-order valence-electron chi connectivity index (χ0n) is 20.8. The fourth-order valence-corrected chi connectivity index (χ4v) is 4.89. The Labute approximate surface area is 219 Å². The van der Waals surface area contributed by atoms with Gasteiger partial charge in [-0.05, 0) is 42.0 Å². The Hall–Kier alpha value is -4.56. The van der Waals surface area contributed by atoms with Gasteiger partial charge in [0.2, 0.25) is 0 Å². The highest BCUT2D eigenvalue weighted by atomic mass is 16.5. The smallest absolute Gasteiger partial charge is 0.314 e. The molecule has 1 atom stereocenters. The maximum atomic E-state index is 11.6. The Morgan fingerprint density at radius 2 is 1.61 bits per heavy atom. The largest absolute Gasteiger partial charge is 0.481 e. The van der Waals surface area contributed by atoms with Crippen LogP contribution in [0.4, 0.5) is 0 Å². The Morgan fingerprint density at radius 1 is 0.974 bits per heavy atom. The number of aliphatic carboxylic acids is 1. The summed E-state index contributed by atoms with van der Waals surface area (Å²) in [5.41, 5.74) is 5.53. The lowest BCUT2D eigenvalue weighted by Crippen LogP contribution is -2.19. The molecule has 38 heavy (non-hydrogen) atoms. The second kappa shape index (κ2) is 9.39. The molecule has 0 amide bonds. The van der Waals surface area contributed by atoms with Gasteiger partial charge in [0.05, 0.1) is 29.4 Å². The quantitative estimate of drug-likeness (QED) is 0.299. The monoisotopic (exact) mass is 506 g/mol. The number of aryl methyl sites for hydroxylation is 1. The minimum Gasteiger partial charge on any atom is -0.481 e. The molecule has 0 saturated heterocycles. The fraction of sp³-hybridized carbons (Fsp3) is 0.200. The lowest BCUT2D eigenvalue weighted by atomic mass is 9.93. The molecule has 2 aromatic heterocycles. The van der Waals surface area contributed by atoms with Gasteiger partial charge in [-0.15, -0.1) is 5.10 Å². The van der Waals surface area contributed by atoms with Crippen molar-refractivity contribution in [3.63, 3.8) is 0 Å². The number of benzene rings is 3. The van der Waals surface area contributed by atoms with Crippen LogP contribution in [0.15, 0.2) is 89.6 Å². The number of aromatic nitrogens is 4. The molecule has 1 aliphatic carbocycles. The van der Waals surface area contributed by atoms with Gasteiger partial charge in [0, 0.05) is 5.56 Å². The predicted molar refractivity (Wildman–Crippen MR) is 140 cm³/mol. The molecule has 2 N–H and O–H groups in total. The van der Waals surface area contributed by atoms with E-state index in [-0.39, 0.29) is 0 Å². The summed E-state index contributed by atoms with van der Waals surface area (Å²) in [6, 6.07) is 25.4. The molecule has 1 fully saturated rings. The van der Waals surface area contributed by atoms with E-state index in [1.807, 2.05) is 78.9 Å². The number of rotatable bonds is 8. The first kappa shape index (κ1) is 23.8. The molecule has 0 bridgehead atoms. The van der Waals surface area contributed by atoms with Gasteiger partial charge in [-0.3, -0.25) is 4.79 Å². The number of carboxylic acid groups (broad SMARTS) is 1. The van der Waals surface area contributed by atoms with Gasteiger partial charge < -0.3 is 14.7 Å². The first-order valence-corrected chi connectivity index (χ1v) is 12.5. The van der Waals surface area contributed by atoms with Gasteiger partial charge in [0.1, 0.15) is 11.8 Å². The topological polar surface area (TPSA) is 114 Å². The van der Waals surface area contributed by atoms with Crippen LogP contribution in [0, 0.1) is 6.92 Å². The maximum Gasteiger partial charge on any atom is 0.314 e. The van der Waals surface area contributed by atoms with Gasteiger partial charge in [0.15, 0.2) is 5.76 Å². The maximum absolute atomic E-state index is 11.6. The summed E-state index contributed by atoms with van der Waals surface area (Å²) >= 11 is 0. The average Bonchev–Trinajstić information content (AvgIpc) is 3.49. The van der Waals surface area contributed by atoms with E-state index in [1.165, 1.54) is 0 Å². The molecule has 1 aliphatic rings. The molecule has 8 nitrogen and oxygen atoms in total. The van der Waals surface area contributed by atoms with E-state index in [9.17, 15) is 15.0 Å². The van der Waals surface area contributed by atoms with E-state index in [4.69, 9.17) is 4.52 Å². The minimum atomic E-state index is -1.04. The number of carbonyl (C=O) groups is 1. The summed E-state index contributed by atoms with van der Waals surface area (Å²) in [6.07, 6.45) is 2.06. The Balaban J connectivity index is 1.22. The third kappa shape index (κ3) is 4.29. The molecule has 6 rings (SSSR count). The molecular formula is C30H26N4O4. The van der Waals surface area contributed by atoms with Crippen LogP contribution in [0.25, 0.3) is 22.5 Å². The number of carboxylic acids is 1. The molecule has 2 heterocycles. The van der Waals surface area contributed by atoms with E-state index in [0.717, 1.165) is 27.8 Å². The third-order valence-corrected chi connectivity index (χ3v) is 7.28. The van der Waals surface area contributed by atoms with Gasteiger partial charge in [-0.2, -0.15) is 0 Å². The zero-order valence-corrected chi connectivity index (χ0v) is 20.8. The van der Waals surface area contributed by atoms with E-state index in [1.54, 1.807) is 17.8 Å². The summed E-state index contributed by atoms with van der Waals surface area (Å²) in [6.45, 7) is 2.34. The van der Waals surface area contributed by atoms with E-state index in [2.05, 4.69) is 15.5 Å². The third-order valence-electron chi connectivity index (χ3n) is 7.28. The fourth-order valence-electron chi connectivity index (χ4n) is 4.89. The first-order chi connectivity index (χ1) is 18.4. The van der Waals surface area contributed by atoms with Crippen molar-refractivity contribution in [2.24, 2.45) is 0 Å². The van der Waals surface area contributed by atoms with Gasteiger partial charge in [-0.25, -0.2) is 4.68 Å². The highest BCUT2D eigenvalue weighted by molar-refractivity contribution is 5.85. The van der Waals surface area contributed by atoms with Crippen molar-refractivity contribution in [1.82, 2.24) is 20.2 Å². The summed E-state index contributed by atoms with van der Waals surface area (Å²) in [7, 11) is 0. The Kier molecular flexibility index (Phi) is 5.88. The minimum absolute atomic E-state index is 0.417. The highest BCUT2D eigenvalue weighted by Gasteiger charge is 2.51. The SMILES string of the molecule is Cc1noc(-c2ccc(-c3ccc(C4(C(=O)O)CC4)cc3)cc2)c1[C@@H](O)c1cn(Cc2ccccc2)nn1. The summed E-state index contributed by atoms with van der Waals surface area (Å²) in [5, 5.41) is 33.2. The van der Waals surface area contributed by atoms with Crippen molar-refractivity contribution in [3.8, 4) is 22.5 Å². The number of hydrogen-bond acceptors (Lipinski definition) is 6. The zero-order chi connectivity index (χ0) is 26.3. The molecule has 1 saturated carbocycles. The van der Waals surface area contributed by atoms with Crippen molar-refractivity contribution in [1.29, 1.82) is 0 Å². The van der Waals surface area contributed by atoms with Crippen LogP contribution in [0.2, 0.25) is 0 Å². The molecule has 0 spiro atoms. The van der Waals surface area contributed by atoms with Crippen LogP contribution in [0.5, 0.6) is 0 Å². The van der Waals surface area contributed by atoms with Crippen molar-refractivity contribution >= 4 is 5.97 Å². The van der Waals surface area contributed by atoms with E-state index in [0.29, 0.717) is 42.1 Å². The normalized spacial score (nSPS) is 14.8. The van der Waals surface area contributed by atoms with E-state index >= 15 is 0 Å². The van der Waals surface area contributed by atoms with Crippen LogP contribution in [-0.2, 0) is 16.8 Å². The number of aliphatic hydroxyl groups is 1. The lowest BCUT2D eigenvalue weighted by Gasteiger charge is -2.11. The van der Waals surface area contributed by atoms with Crippen molar-refractivity contribution in [3.05, 3.63) is 113 Å². The van der Waals surface area contributed by atoms with Crippen LogP contribution in [-0.4, -0.2) is 36.3 Å². The van der Waals surface area contributed by atoms with Crippen molar-refractivity contribution in [2.45, 2.75) is 37.8 Å². The molecular weight excluding hydrogens is 480 g/mol. The standard InChI is InChI=1S/C30H26N4O4/c1-19-26(27(35)25-18-34(33-31-25)17-20-5-3-2-4-6-20)28(38-32-19)23-9-7-21(8-10-23)22-11-13-24(14-12-22)30(15-16-30)29(36)37/h2-14,18,27,35H,15-17H2,1H3,(H,36,37)/t27-/m0/s1. The summed E-state index contributed by atoms with van der Waals surface area (Å²) < 4.78 is 7.33. The molecule has 0 unspecified atom stereocenters. The molecule has 0 radical (unpaired) electrons. The van der Waals surface area contributed by atoms with Gasteiger partial charge in [0.25, 0.3) is 0 Å². The molecule has 5 aromatic rings. The molecule has 8 heteroatoms. The Bertz CT molecular complexity index is 1580. The van der Waals surface area contributed by atoms with Crippen molar-refractivity contribution < 1.29 is 19.5 Å². The van der Waals surface area contributed by atoms with Gasteiger partial charge in [-0.1, -0.05) is 89.2 Å². The predicted octanol–water partition coefficient (Wildman–Crippen LogP) is 5.15. The molecule has 3 aromatic carbocycles. The number of aliphatic hydroxyl groups excluding tert-OH is 1.